The van der Waals surface area contributed by atoms with E-state index in [0.29, 0.717) is 16.8 Å². The third-order valence-corrected chi connectivity index (χ3v) is 3.32. The quantitative estimate of drug-likeness (QED) is 0.746. The molecule has 2 rings (SSSR count). The fourth-order valence-electron chi connectivity index (χ4n) is 1.63. The number of aromatic nitrogens is 1. The maximum atomic E-state index is 11.5. The number of urea groups is 1. The van der Waals surface area contributed by atoms with E-state index in [4.69, 9.17) is 0 Å². The van der Waals surface area contributed by atoms with Gasteiger partial charge in [0.2, 0.25) is 0 Å². The van der Waals surface area contributed by atoms with Gasteiger partial charge in [-0.05, 0) is 47.3 Å². The zero-order chi connectivity index (χ0) is 12.3. The van der Waals surface area contributed by atoms with Gasteiger partial charge < -0.3 is 15.7 Å². The van der Waals surface area contributed by atoms with Crippen LogP contribution in [0, 0.1) is 0 Å². The Balaban J connectivity index is 1.79. The van der Waals surface area contributed by atoms with E-state index in [-0.39, 0.29) is 6.03 Å². The second-order valence-electron chi connectivity index (χ2n) is 4.26. The molecule has 5 nitrogen and oxygen atoms in total. The molecular formula is C11H14BrN3O2. The largest absolute Gasteiger partial charge is 0.388 e. The Hall–Kier alpha value is -1.14. The number of pyridine rings is 1. The normalized spacial score (nSPS) is 17.1. The summed E-state index contributed by atoms with van der Waals surface area (Å²) in [5, 5.41) is 15.1. The van der Waals surface area contributed by atoms with E-state index in [1.54, 1.807) is 18.3 Å². The number of carbonyl (C=O) groups excluding carboxylic acids is 1. The van der Waals surface area contributed by atoms with Gasteiger partial charge in [0.1, 0.15) is 4.60 Å². The molecule has 0 radical (unpaired) electrons. The highest BCUT2D eigenvalue weighted by molar-refractivity contribution is 9.10. The average Bonchev–Trinajstić information content (AvgIpc) is 2.27. The number of anilines is 1. The topological polar surface area (TPSA) is 74.2 Å². The van der Waals surface area contributed by atoms with Crippen LogP contribution in [0.25, 0.3) is 0 Å². The zero-order valence-corrected chi connectivity index (χ0v) is 10.8. The summed E-state index contributed by atoms with van der Waals surface area (Å²) in [5.74, 6) is 0. The van der Waals surface area contributed by atoms with E-state index in [9.17, 15) is 9.90 Å². The zero-order valence-electron chi connectivity index (χ0n) is 9.24. The first-order valence-electron chi connectivity index (χ1n) is 5.46. The molecule has 1 aromatic rings. The van der Waals surface area contributed by atoms with Crippen molar-refractivity contribution in [2.75, 3.05) is 11.9 Å². The van der Waals surface area contributed by atoms with Crippen LogP contribution in [-0.4, -0.2) is 28.3 Å². The van der Waals surface area contributed by atoms with E-state index >= 15 is 0 Å². The molecule has 1 aliphatic rings. The molecule has 1 fully saturated rings. The van der Waals surface area contributed by atoms with E-state index in [2.05, 4.69) is 31.5 Å². The highest BCUT2D eigenvalue weighted by Crippen LogP contribution is 2.30. The van der Waals surface area contributed by atoms with Gasteiger partial charge in [-0.1, -0.05) is 0 Å². The van der Waals surface area contributed by atoms with Gasteiger partial charge in [0.25, 0.3) is 0 Å². The first-order valence-corrected chi connectivity index (χ1v) is 6.26. The summed E-state index contributed by atoms with van der Waals surface area (Å²) in [4.78, 5) is 15.5. The summed E-state index contributed by atoms with van der Waals surface area (Å²) in [6.07, 6.45) is 4.10. The fraction of sp³-hybridized carbons (Fsp3) is 0.455. The molecule has 1 heterocycles. The van der Waals surface area contributed by atoms with Gasteiger partial charge in [-0.3, -0.25) is 0 Å². The Morgan fingerprint density at radius 2 is 2.29 bits per heavy atom. The Labute approximate surface area is 108 Å². The lowest BCUT2D eigenvalue weighted by molar-refractivity contribution is -0.0287. The molecule has 0 spiro atoms. The molecule has 17 heavy (non-hydrogen) atoms. The third kappa shape index (κ3) is 3.41. The molecule has 0 saturated heterocycles. The smallest absolute Gasteiger partial charge is 0.319 e. The monoisotopic (exact) mass is 299 g/mol. The number of hydrogen-bond acceptors (Lipinski definition) is 3. The minimum atomic E-state index is -0.699. The predicted octanol–water partition coefficient (Wildman–Crippen LogP) is 1.88. The van der Waals surface area contributed by atoms with Crippen LogP contribution in [0.2, 0.25) is 0 Å². The number of nitrogens with one attached hydrogen (secondary N) is 2. The number of halogens is 1. The highest BCUT2D eigenvalue weighted by Gasteiger charge is 2.34. The molecule has 3 N–H and O–H groups in total. The first kappa shape index (κ1) is 12.3. The van der Waals surface area contributed by atoms with Crippen LogP contribution in [-0.2, 0) is 0 Å². The Bertz CT molecular complexity index is 404. The van der Waals surface area contributed by atoms with Crippen molar-refractivity contribution in [1.82, 2.24) is 10.3 Å². The van der Waals surface area contributed by atoms with Crippen molar-refractivity contribution in [2.24, 2.45) is 0 Å². The van der Waals surface area contributed by atoms with Crippen LogP contribution in [0.5, 0.6) is 0 Å². The molecule has 1 aromatic heterocycles. The van der Waals surface area contributed by atoms with Gasteiger partial charge >= 0.3 is 6.03 Å². The maximum absolute atomic E-state index is 11.5. The second-order valence-corrected chi connectivity index (χ2v) is 5.07. The molecule has 1 saturated carbocycles. The van der Waals surface area contributed by atoms with Crippen LogP contribution in [0.15, 0.2) is 22.9 Å². The SMILES string of the molecule is O=C(NCC1(O)CCC1)Nc1ccc(Br)nc1. The Morgan fingerprint density at radius 3 is 2.82 bits per heavy atom. The van der Waals surface area contributed by atoms with Crippen molar-refractivity contribution in [1.29, 1.82) is 0 Å². The highest BCUT2D eigenvalue weighted by atomic mass is 79.9. The number of nitrogens with zero attached hydrogens (tertiary/aromatic N) is 1. The van der Waals surface area contributed by atoms with E-state index in [1.807, 2.05) is 0 Å². The lowest BCUT2D eigenvalue weighted by atomic mass is 9.80. The van der Waals surface area contributed by atoms with Gasteiger partial charge in [0, 0.05) is 6.54 Å². The fourth-order valence-corrected chi connectivity index (χ4v) is 1.87. The number of carbonyl (C=O) groups is 1. The molecule has 0 bridgehead atoms. The number of aliphatic hydroxyl groups is 1. The van der Waals surface area contributed by atoms with Gasteiger partial charge in [-0.2, -0.15) is 0 Å². The molecule has 6 heteroatoms. The van der Waals surface area contributed by atoms with Gasteiger partial charge in [-0.15, -0.1) is 0 Å². The van der Waals surface area contributed by atoms with Crippen LogP contribution in [0.4, 0.5) is 10.5 Å². The lowest BCUT2D eigenvalue weighted by Crippen LogP contribution is -2.48. The first-order chi connectivity index (χ1) is 8.07. The number of rotatable bonds is 3. The van der Waals surface area contributed by atoms with Crippen molar-refractivity contribution in [3.63, 3.8) is 0 Å². The summed E-state index contributed by atoms with van der Waals surface area (Å²) in [5.41, 5.74) is -0.0822. The molecule has 2 amide bonds. The maximum Gasteiger partial charge on any atom is 0.319 e. The average molecular weight is 300 g/mol. The third-order valence-electron chi connectivity index (χ3n) is 2.85. The Morgan fingerprint density at radius 1 is 1.53 bits per heavy atom. The molecule has 0 aromatic carbocycles. The second kappa shape index (κ2) is 5.01. The van der Waals surface area contributed by atoms with Crippen molar-refractivity contribution in [2.45, 2.75) is 24.9 Å². The van der Waals surface area contributed by atoms with Gasteiger partial charge in [-0.25, -0.2) is 9.78 Å². The molecule has 0 atom stereocenters. The molecular weight excluding hydrogens is 286 g/mol. The summed E-state index contributed by atoms with van der Waals surface area (Å²) >= 11 is 3.21. The van der Waals surface area contributed by atoms with Crippen molar-refractivity contribution in [3.05, 3.63) is 22.9 Å². The summed E-state index contributed by atoms with van der Waals surface area (Å²) in [7, 11) is 0. The molecule has 1 aliphatic carbocycles. The molecule has 0 aliphatic heterocycles. The van der Waals surface area contributed by atoms with Crippen molar-refractivity contribution >= 4 is 27.6 Å². The summed E-state index contributed by atoms with van der Waals surface area (Å²) in [6.45, 7) is 0.294. The van der Waals surface area contributed by atoms with E-state index in [0.717, 1.165) is 19.3 Å². The standard InChI is InChI=1S/C11H14BrN3O2/c12-9-3-2-8(6-13-9)15-10(16)14-7-11(17)4-1-5-11/h2-3,6,17H,1,4-5,7H2,(H2,14,15,16). The molecule has 92 valence electrons. The number of amides is 2. The van der Waals surface area contributed by atoms with Crippen molar-refractivity contribution < 1.29 is 9.90 Å². The van der Waals surface area contributed by atoms with Crippen LogP contribution in [0.1, 0.15) is 19.3 Å². The number of hydrogen-bond donors (Lipinski definition) is 3. The van der Waals surface area contributed by atoms with Gasteiger partial charge in [0.15, 0.2) is 0 Å². The van der Waals surface area contributed by atoms with Crippen molar-refractivity contribution in [3.8, 4) is 0 Å². The van der Waals surface area contributed by atoms with Crippen LogP contribution < -0.4 is 10.6 Å². The lowest BCUT2D eigenvalue weighted by Gasteiger charge is -2.36. The predicted molar refractivity (Wildman–Crippen MR) is 67.8 cm³/mol. The van der Waals surface area contributed by atoms with E-state index < -0.39 is 5.60 Å². The minimum absolute atomic E-state index is 0.294. The van der Waals surface area contributed by atoms with Crippen LogP contribution >= 0.6 is 15.9 Å². The Kier molecular flexibility index (Phi) is 3.63. The van der Waals surface area contributed by atoms with Crippen LogP contribution in [0.3, 0.4) is 0 Å². The van der Waals surface area contributed by atoms with Gasteiger partial charge in [0.05, 0.1) is 17.5 Å². The summed E-state index contributed by atoms with van der Waals surface area (Å²) in [6, 6.07) is 3.17. The summed E-state index contributed by atoms with van der Waals surface area (Å²) < 4.78 is 0.715. The van der Waals surface area contributed by atoms with E-state index in [1.165, 1.54) is 0 Å². The molecule has 0 unspecified atom stereocenters. The minimum Gasteiger partial charge on any atom is -0.388 e.